The van der Waals surface area contributed by atoms with E-state index in [0.717, 1.165) is 12.8 Å². The lowest BCUT2D eigenvalue weighted by molar-refractivity contribution is 0.302. The number of benzene rings is 2. The second-order valence-electron chi connectivity index (χ2n) is 7.96. The molecule has 5 rings (SSSR count). The van der Waals surface area contributed by atoms with Gasteiger partial charge in [-0.05, 0) is 30.5 Å². The molecule has 8 nitrogen and oxygen atoms in total. The third kappa shape index (κ3) is 4.44. The fourth-order valence-corrected chi connectivity index (χ4v) is 4.45. The van der Waals surface area contributed by atoms with Gasteiger partial charge in [0, 0.05) is 30.6 Å². The third-order valence-electron chi connectivity index (χ3n) is 5.71. The van der Waals surface area contributed by atoms with Gasteiger partial charge in [0.05, 0.1) is 44.7 Å². The molecule has 0 spiro atoms. The largest absolute Gasteiger partial charge is 0.489 e. The van der Waals surface area contributed by atoms with Crippen molar-refractivity contribution in [1.82, 2.24) is 20.0 Å². The number of halogens is 3. The van der Waals surface area contributed by atoms with Crippen molar-refractivity contribution in [3.8, 4) is 34.2 Å². The smallest absolute Gasteiger partial charge is 0.273 e. The predicted octanol–water partition coefficient (Wildman–Crippen LogP) is 5.33. The average molecular weight is 529 g/mol. The second-order valence-corrected chi connectivity index (χ2v) is 8.78. The van der Waals surface area contributed by atoms with E-state index in [2.05, 4.69) is 21.4 Å². The lowest BCUT2D eigenvalue weighted by Crippen LogP contribution is -2.13. The molecule has 186 valence electrons. The Kier molecular flexibility index (Phi) is 7.31. The van der Waals surface area contributed by atoms with Gasteiger partial charge >= 0.3 is 0 Å². The van der Waals surface area contributed by atoms with E-state index in [1.165, 1.54) is 16.9 Å². The predicted molar refractivity (Wildman–Crippen MR) is 138 cm³/mol. The molecule has 11 heteroatoms. The minimum Gasteiger partial charge on any atom is -0.489 e. The lowest BCUT2D eigenvalue weighted by atomic mass is 9.95. The van der Waals surface area contributed by atoms with Gasteiger partial charge in [-0.2, -0.15) is 15.5 Å². The first kappa shape index (κ1) is 25.6. The number of ether oxygens (including phenoxy) is 1. The number of nitriles is 1. The van der Waals surface area contributed by atoms with E-state index >= 15 is 4.39 Å². The van der Waals surface area contributed by atoms with Crippen LogP contribution in [0, 0.1) is 17.1 Å². The van der Waals surface area contributed by atoms with Crippen LogP contribution >= 0.6 is 23.2 Å². The van der Waals surface area contributed by atoms with Crippen molar-refractivity contribution in [3.63, 3.8) is 0 Å². The van der Waals surface area contributed by atoms with Crippen LogP contribution in [-0.2, 0) is 13.6 Å². The van der Waals surface area contributed by atoms with E-state index in [-0.39, 0.29) is 45.0 Å². The molecule has 1 saturated carbocycles. The summed E-state index contributed by atoms with van der Waals surface area (Å²) in [6.07, 6.45) is 3.22. The van der Waals surface area contributed by atoms with E-state index in [4.69, 9.17) is 33.7 Å². The molecule has 0 radical (unpaired) electrons. The molecule has 2 aromatic carbocycles. The number of nitrogens with two attached hydrogens (primary N) is 1. The van der Waals surface area contributed by atoms with Gasteiger partial charge in [0.2, 0.25) is 0 Å². The zero-order chi connectivity index (χ0) is 26.1. The molecule has 1 aliphatic carbocycles. The highest BCUT2D eigenvalue weighted by Crippen LogP contribution is 2.43. The van der Waals surface area contributed by atoms with Gasteiger partial charge in [-0.25, -0.2) is 9.49 Å². The van der Waals surface area contributed by atoms with Crippen LogP contribution in [0.2, 0.25) is 10.0 Å². The Bertz CT molecular complexity index is 1570. The highest BCUT2D eigenvalue weighted by atomic mass is 35.5. The second kappa shape index (κ2) is 10.3. The molecular weight excluding hydrogens is 506 g/mol. The van der Waals surface area contributed by atoms with Crippen LogP contribution in [-0.4, -0.2) is 26.1 Å². The number of fused-ring (bicyclic) bond motifs is 1. The summed E-state index contributed by atoms with van der Waals surface area (Å²) >= 11 is 12.7. The van der Waals surface area contributed by atoms with E-state index in [1.807, 2.05) is 13.8 Å². The number of nitrogens with one attached hydrogen (secondary N) is 1. The maximum atomic E-state index is 15.4. The molecule has 3 N–H and O–H groups in total. The summed E-state index contributed by atoms with van der Waals surface area (Å²) in [5, 5.41) is 21.3. The monoisotopic (exact) mass is 528 g/mol. The number of hydrogen-bond acceptors (Lipinski definition) is 6. The standard InChI is InChI=1S/C23H17Cl2FN6O2.C2H6/c1-32-22(20-13(7-27)18(34-11-2-3-11)6-16(25)21(20)26)14(9-29-32)10-4-12-17(8-28)30-31-23(33)19(12)15(24)5-10;1-2/h4-6,9,11H,2-3,8,28H2,1H3,(H,31,33);1-2H3. The van der Waals surface area contributed by atoms with Crippen molar-refractivity contribution in [2.75, 3.05) is 0 Å². The molecule has 0 saturated heterocycles. The zero-order valence-electron chi connectivity index (χ0n) is 19.8. The van der Waals surface area contributed by atoms with E-state index in [0.29, 0.717) is 27.9 Å². The zero-order valence-corrected chi connectivity index (χ0v) is 21.3. The molecule has 0 amide bonds. The van der Waals surface area contributed by atoms with Gasteiger partial charge in [0.15, 0.2) is 5.82 Å². The van der Waals surface area contributed by atoms with Gasteiger partial charge in [0.1, 0.15) is 17.4 Å². The van der Waals surface area contributed by atoms with Gasteiger partial charge in [-0.1, -0.05) is 37.0 Å². The Morgan fingerprint density at radius 1 is 1.28 bits per heavy atom. The van der Waals surface area contributed by atoms with Crippen molar-refractivity contribution in [1.29, 1.82) is 5.26 Å². The first-order valence-electron chi connectivity index (χ1n) is 11.4. The van der Waals surface area contributed by atoms with Crippen LogP contribution < -0.4 is 16.0 Å². The number of hydrogen-bond donors (Lipinski definition) is 2. The fourth-order valence-electron chi connectivity index (χ4n) is 3.95. The van der Waals surface area contributed by atoms with Crippen molar-refractivity contribution < 1.29 is 9.13 Å². The van der Waals surface area contributed by atoms with E-state index in [9.17, 15) is 10.1 Å². The first-order valence-corrected chi connectivity index (χ1v) is 12.1. The highest BCUT2D eigenvalue weighted by molar-refractivity contribution is 6.36. The van der Waals surface area contributed by atoms with Crippen LogP contribution in [0.1, 0.15) is 37.9 Å². The lowest BCUT2D eigenvalue weighted by Gasteiger charge is -2.15. The Hall–Kier alpha value is -3.45. The summed E-state index contributed by atoms with van der Waals surface area (Å²) in [4.78, 5) is 12.3. The molecule has 1 aliphatic rings. The molecule has 0 aliphatic heterocycles. The van der Waals surface area contributed by atoms with Crippen LogP contribution in [0.5, 0.6) is 5.75 Å². The Morgan fingerprint density at radius 3 is 2.64 bits per heavy atom. The number of H-pyrrole nitrogens is 1. The maximum Gasteiger partial charge on any atom is 0.273 e. The van der Waals surface area contributed by atoms with Crippen LogP contribution in [0.25, 0.3) is 33.2 Å². The molecule has 0 bridgehead atoms. The van der Waals surface area contributed by atoms with Gasteiger partial charge in [-0.3, -0.25) is 9.48 Å². The van der Waals surface area contributed by atoms with Crippen LogP contribution in [0.15, 0.2) is 29.2 Å². The van der Waals surface area contributed by atoms with Crippen molar-refractivity contribution in [3.05, 3.63) is 61.9 Å². The van der Waals surface area contributed by atoms with Crippen molar-refractivity contribution in [2.45, 2.75) is 39.3 Å². The fraction of sp³-hybridized carbons (Fsp3) is 0.280. The van der Waals surface area contributed by atoms with Crippen molar-refractivity contribution >= 4 is 34.0 Å². The van der Waals surface area contributed by atoms with E-state index in [1.54, 1.807) is 19.2 Å². The topological polar surface area (TPSA) is 123 Å². The highest BCUT2D eigenvalue weighted by Gasteiger charge is 2.30. The quantitative estimate of drug-likeness (QED) is 0.360. The number of aromatic amines is 1. The molecule has 2 aromatic heterocycles. The minimum atomic E-state index is -0.765. The summed E-state index contributed by atoms with van der Waals surface area (Å²) in [7, 11) is 1.63. The normalized spacial score (nSPS) is 12.7. The van der Waals surface area contributed by atoms with Crippen molar-refractivity contribution in [2.24, 2.45) is 12.8 Å². The Labute approximate surface area is 216 Å². The maximum absolute atomic E-state index is 15.4. The molecule has 36 heavy (non-hydrogen) atoms. The van der Waals surface area contributed by atoms with Gasteiger partial charge in [0.25, 0.3) is 5.56 Å². The molecule has 4 aromatic rings. The summed E-state index contributed by atoms with van der Waals surface area (Å²) in [6.45, 7) is 4.07. The first-order chi connectivity index (χ1) is 17.3. The Morgan fingerprint density at radius 2 is 2.00 bits per heavy atom. The summed E-state index contributed by atoms with van der Waals surface area (Å²) in [5.74, 6) is -0.546. The molecular formula is C25H23Cl2FN6O2. The Balaban J connectivity index is 0.00000148. The third-order valence-corrected chi connectivity index (χ3v) is 6.29. The molecule has 1 fully saturated rings. The summed E-state index contributed by atoms with van der Waals surface area (Å²) in [6, 6.07) is 6.66. The number of aromatic nitrogens is 4. The van der Waals surface area contributed by atoms with Gasteiger partial charge in [-0.15, -0.1) is 0 Å². The van der Waals surface area contributed by atoms with Crippen LogP contribution in [0.3, 0.4) is 0 Å². The SMILES string of the molecule is CC.Cn1ncc(-c2cc(Cl)c3c(=O)[nH]nc(CN)c3c2)c1-c1c(F)c(Cl)cc(OC2CC2)c1C#N. The van der Waals surface area contributed by atoms with Crippen LogP contribution in [0.4, 0.5) is 4.39 Å². The van der Waals surface area contributed by atoms with E-state index < -0.39 is 11.4 Å². The molecule has 0 atom stereocenters. The average Bonchev–Trinajstić information content (AvgIpc) is 3.61. The number of rotatable bonds is 5. The number of aryl methyl sites for hydroxylation is 1. The minimum absolute atomic E-state index is 0.0197. The molecule has 0 unspecified atom stereocenters. The summed E-state index contributed by atoms with van der Waals surface area (Å²) in [5.41, 5.74) is 7.11. The summed E-state index contributed by atoms with van der Waals surface area (Å²) < 4.78 is 22.7. The van der Waals surface area contributed by atoms with Gasteiger partial charge < -0.3 is 10.5 Å². The molecule has 2 heterocycles. The number of nitrogens with zero attached hydrogens (tertiary/aromatic N) is 4.